The number of hydrogen-bond donors (Lipinski definition) is 0. The van der Waals surface area contributed by atoms with Crippen molar-refractivity contribution in [3.05, 3.63) is 146 Å². The van der Waals surface area contributed by atoms with Crippen LogP contribution in [0.3, 0.4) is 0 Å². The van der Waals surface area contributed by atoms with Crippen LogP contribution in [0.1, 0.15) is 213 Å². The molecule has 5 nitrogen and oxygen atoms in total. The highest BCUT2D eigenvalue weighted by Gasteiger charge is 2.17. The van der Waals surface area contributed by atoms with Crippen molar-refractivity contribution in [3.63, 3.8) is 0 Å². The molecule has 0 aromatic carbocycles. The van der Waals surface area contributed by atoms with Crippen LogP contribution < -0.4 is 0 Å². The Balaban J connectivity index is 4.46. The normalized spacial score (nSPS) is 13.4. The van der Waals surface area contributed by atoms with Crippen LogP contribution in [0, 0.1) is 0 Å². The van der Waals surface area contributed by atoms with Crippen molar-refractivity contribution in [2.45, 2.75) is 219 Å². The lowest BCUT2D eigenvalue weighted by Crippen LogP contribution is -2.30. The van der Waals surface area contributed by atoms with Crippen LogP contribution in [-0.2, 0) is 23.8 Å². The third-order valence-corrected chi connectivity index (χ3v) is 10.9. The molecule has 0 fully saturated rings. The fraction of sp³-hybridized carbons (Fsp3) is 0.587. The zero-order valence-electron chi connectivity index (χ0n) is 43.8. The van der Waals surface area contributed by atoms with Crippen molar-refractivity contribution >= 4 is 11.9 Å². The summed E-state index contributed by atoms with van der Waals surface area (Å²) < 4.78 is 17.4. The van der Waals surface area contributed by atoms with E-state index in [2.05, 4.69) is 167 Å². The van der Waals surface area contributed by atoms with E-state index in [-0.39, 0.29) is 25.2 Å². The fourth-order valence-electron chi connectivity index (χ4n) is 6.89. The highest BCUT2D eigenvalue weighted by Crippen LogP contribution is 2.13. The summed E-state index contributed by atoms with van der Waals surface area (Å²) in [5.41, 5.74) is 0. The molecule has 0 bridgehead atoms. The van der Waals surface area contributed by atoms with E-state index in [4.69, 9.17) is 14.2 Å². The van der Waals surface area contributed by atoms with Gasteiger partial charge in [0, 0.05) is 19.4 Å². The molecule has 0 aromatic heterocycles. The van der Waals surface area contributed by atoms with E-state index in [9.17, 15) is 9.59 Å². The molecule has 382 valence electrons. The standard InChI is InChI=1S/C63H100O5/c1-4-7-10-13-16-19-22-25-28-31-34-37-40-43-46-49-52-55-58-66-59-61(68-63(65)57-54-51-48-45-42-39-36-33-30-27-24-21-18-15-12-9-6-3)60-67-62(64)56-53-50-47-44-41-38-35-32-29-26-23-20-17-14-11-8-5-2/h7-12,16-21,25-30,34-35,37-38,43,46,61H,4-6,13-15,22-24,31-33,36,39-42,44-45,47-60H2,1-3H3/b10-7-,11-8-,12-9-,19-16-,20-17-,21-18-,28-25-,29-26-,30-27-,37-34-,38-35-,46-43-. The van der Waals surface area contributed by atoms with Gasteiger partial charge in [-0.25, -0.2) is 0 Å². The Hall–Kier alpha value is -4.22. The molecule has 68 heavy (non-hydrogen) atoms. The second kappa shape index (κ2) is 57.1. The van der Waals surface area contributed by atoms with E-state index < -0.39 is 6.10 Å². The van der Waals surface area contributed by atoms with Gasteiger partial charge in [0.15, 0.2) is 6.10 Å². The Morgan fingerprint density at radius 3 is 0.985 bits per heavy atom. The van der Waals surface area contributed by atoms with Gasteiger partial charge in [-0.1, -0.05) is 212 Å². The topological polar surface area (TPSA) is 61.8 Å². The number of allylic oxidation sites excluding steroid dienone is 24. The summed E-state index contributed by atoms with van der Waals surface area (Å²) in [6.07, 6.45) is 82.9. The maximum absolute atomic E-state index is 12.8. The number of hydrogen-bond acceptors (Lipinski definition) is 5. The molecule has 0 aromatic rings. The SMILES string of the molecule is CC/C=C\C/C=C\C/C=C\C/C=C\C/C=C\CCCCOCC(COC(=O)CCCCCC/C=C\C/C=C\C/C=C\C/C=C\CC)OC(=O)CCCCCCCCC/C=C\C/C=C\C/C=C\CC. The molecule has 0 saturated heterocycles. The summed E-state index contributed by atoms with van der Waals surface area (Å²) in [6.45, 7) is 7.34. The molecule has 0 aliphatic heterocycles. The van der Waals surface area contributed by atoms with E-state index in [1.165, 1.54) is 25.7 Å². The van der Waals surface area contributed by atoms with Gasteiger partial charge in [-0.15, -0.1) is 0 Å². The molecule has 0 aliphatic rings. The lowest BCUT2D eigenvalue weighted by molar-refractivity contribution is -0.163. The lowest BCUT2D eigenvalue weighted by Gasteiger charge is -2.18. The molecule has 0 rings (SSSR count). The number of carbonyl (C=O) groups is 2. The van der Waals surface area contributed by atoms with Crippen LogP contribution in [0.5, 0.6) is 0 Å². The summed E-state index contributed by atoms with van der Waals surface area (Å²) in [5.74, 6) is -0.471. The van der Waals surface area contributed by atoms with Gasteiger partial charge in [-0.2, -0.15) is 0 Å². The predicted octanol–water partition coefficient (Wildman–Crippen LogP) is 18.9. The number of ether oxygens (including phenoxy) is 3. The number of esters is 2. The second-order valence-corrected chi connectivity index (χ2v) is 17.3. The first-order valence-corrected chi connectivity index (χ1v) is 27.4. The van der Waals surface area contributed by atoms with E-state index in [0.717, 1.165) is 154 Å². The fourth-order valence-corrected chi connectivity index (χ4v) is 6.89. The molecule has 5 heteroatoms. The van der Waals surface area contributed by atoms with Gasteiger partial charge in [0.25, 0.3) is 0 Å². The minimum atomic E-state index is -0.587. The van der Waals surface area contributed by atoms with Crippen molar-refractivity contribution in [2.75, 3.05) is 19.8 Å². The van der Waals surface area contributed by atoms with Crippen molar-refractivity contribution in [3.8, 4) is 0 Å². The largest absolute Gasteiger partial charge is 0.462 e. The molecular weight excluding hydrogens is 837 g/mol. The summed E-state index contributed by atoms with van der Waals surface area (Å²) in [4.78, 5) is 25.5. The summed E-state index contributed by atoms with van der Waals surface area (Å²) in [7, 11) is 0. The first kappa shape index (κ1) is 63.8. The summed E-state index contributed by atoms with van der Waals surface area (Å²) >= 11 is 0. The van der Waals surface area contributed by atoms with Crippen LogP contribution in [0.15, 0.2) is 146 Å². The minimum Gasteiger partial charge on any atom is -0.462 e. The molecule has 0 heterocycles. The van der Waals surface area contributed by atoms with Crippen LogP contribution in [0.2, 0.25) is 0 Å². The van der Waals surface area contributed by atoms with Crippen molar-refractivity contribution in [2.24, 2.45) is 0 Å². The molecule has 0 aliphatic carbocycles. The van der Waals surface area contributed by atoms with Crippen LogP contribution in [0.4, 0.5) is 0 Å². The van der Waals surface area contributed by atoms with Crippen LogP contribution >= 0.6 is 0 Å². The average Bonchev–Trinajstić information content (AvgIpc) is 3.34. The first-order chi connectivity index (χ1) is 33.6. The third kappa shape index (κ3) is 54.4. The Kier molecular flexibility index (Phi) is 53.6. The Morgan fingerprint density at radius 2 is 0.618 bits per heavy atom. The second-order valence-electron chi connectivity index (χ2n) is 17.3. The van der Waals surface area contributed by atoms with E-state index in [0.29, 0.717) is 19.4 Å². The van der Waals surface area contributed by atoms with Crippen molar-refractivity contribution in [1.29, 1.82) is 0 Å². The lowest BCUT2D eigenvalue weighted by atomic mass is 10.1. The highest BCUT2D eigenvalue weighted by molar-refractivity contribution is 5.70. The summed E-state index contributed by atoms with van der Waals surface area (Å²) in [5, 5.41) is 0. The number of rotatable bonds is 48. The first-order valence-electron chi connectivity index (χ1n) is 27.4. The minimum absolute atomic E-state index is 0.0406. The van der Waals surface area contributed by atoms with Gasteiger partial charge in [0.2, 0.25) is 0 Å². The van der Waals surface area contributed by atoms with Crippen molar-refractivity contribution in [1.82, 2.24) is 0 Å². The van der Waals surface area contributed by atoms with Crippen LogP contribution in [0.25, 0.3) is 0 Å². The number of unbranched alkanes of at least 4 members (excludes halogenated alkanes) is 13. The van der Waals surface area contributed by atoms with Crippen LogP contribution in [-0.4, -0.2) is 37.9 Å². The van der Waals surface area contributed by atoms with Gasteiger partial charge in [0.05, 0.1) is 6.61 Å². The molecule has 0 amide bonds. The number of carbonyl (C=O) groups excluding carboxylic acids is 2. The monoisotopic (exact) mass is 937 g/mol. The molecular formula is C63H100O5. The van der Waals surface area contributed by atoms with E-state index >= 15 is 0 Å². The smallest absolute Gasteiger partial charge is 0.306 e. The highest BCUT2D eigenvalue weighted by atomic mass is 16.6. The molecule has 1 unspecified atom stereocenters. The maximum Gasteiger partial charge on any atom is 0.306 e. The van der Waals surface area contributed by atoms with Gasteiger partial charge < -0.3 is 14.2 Å². The zero-order valence-corrected chi connectivity index (χ0v) is 43.8. The van der Waals surface area contributed by atoms with Gasteiger partial charge >= 0.3 is 11.9 Å². The zero-order chi connectivity index (χ0) is 49.2. The van der Waals surface area contributed by atoms with Gasteiger partial charge in [-0.05, 0) is 135 Å². The maximum atomic E-state index is 12.8. The Labute approximate surface area is 419 Å². The quantitative estimate of drug-likeness (QED) is 0.0346. The van der Waals surface area contributed by atoms with Gasteiger partial charge in [0.1, 0.15) is 6.61 Å². The Bertz CT molecular complexity index is 1480. The van der Waals surface area contributed by atoms with E-state index in [1.807, 2.05) is 0 Å². The molecule has 0 saturated carbocycles. The average molecular weight is 937 g/mol. The van der Waals surface area contributed by atoms with Gasteiger partial charge in [-0.3, -0.25) is 9.59 Å². The summed E-state index contributed by atoms with van der Waals surface area (Å²) in [6, 6.07) is 0. The molecule has 1 atom stereocenters. The predicted molar refractivity (Wildman–Crippen MR) is 297 cm³/mol. The Morgan fingerprint density at radius 1 is 0.324 bits per heavy atom. The van der Waals surface area contributed by atoms with E-state index in [1.54, 1.807) is 0 Å². The third-order valence-electron chi connectivity index (χ3n) is 10.9. The molecule has 0 spiro atoms. The molecule has 0 radical (unpaired) electrons. The molecule has 0 N–H and O–H groups in total. The van der Waals surface area contributed by atoms with Crippen molar-refractivity contribution < 1.29 is 23.8 Å².